The largest absolute Gasteiger partial charge is 0.368 e. The Labute approximate surface area is 117 Å². The number of hydrogen-bond donors (Lipinski definition) is 2. The molecule has 0 aliphatic heterocycles. The van der Waals surface area contributed by atoms with E-state index >= 15 is 0 Å². The minimum atomic E-state index is 0.367. The van der Waals surface area contributed by atoms with E-state index < -0.39 is 0 Å². The maximum Gasteiger partial charge on any atom is 0.244 e. The first-order chi connectivity index (χ1) is 9.83. The maximum atomic E-state index is 5.89. The number of hydrogen-bond acceptors (Lipinski definition) is 4. The number of nitrogen functional groups attached to an aromatic ring is 1. The fourth-order valence-electron chi connectivity index (χ4n) is 1.94. The number of para-hydroxylation sites is 1. The van der Waals surface area contributed by atoms with Gasteiger partial charge in [0.1, 0.15) is 0 Å². The molecule has 0 unspecified atom stereocenters. The van der Waals surface area contributed by atoms with Crippen molar-refractivity contribution in [1.29, 1.82) is 0 Å². The van der Waals surface area contributed by atoms with Gasteiger partial charge in [0.05, 0.1) is 5.69 Å². The predicted molar refractivity (Wildman–Crippen MR) is 79.5 cm³/mol. The van der Waals surface area contributed by atoms with E-state index in [1.54, 1.807) is 4.68 Å². The number of benzene rings is 2. The summed E-state index contributed by atoms with van der Waals surface area (Å²) in [5, 5.41) is 7.53. The van der Waals surface area contributed by atoms with Crippen molar-refractivity contribution in [3.05, 3.63) is 66.2 Å². The SMILES string of the molecule is Nc1nc(NCc2ccccc2)nn1-c1ccccc1. The van der Waals surface area contributed by atoms with Crippen LogP contribution >= 0.6 is 0 Å². The van der Waals surface area contributed by atoms with Crippen LogP contribution in [-0.4, -0.2) is 14.8 Å². The molecule has 2 aromatic carbocycles. The Balaban J connectivity index is 1.76. The number of anilines is 2. The van der Waals surface area contributed by atoms with Crippen LogP contribution in [0, 0.1) is 0 Å². The third-order valence-electron chi connectivity index (χ3n) is 2.93. The second-order valence-corrected chi connectivity index (χ2v) is 4.38. The Bertz CT molecular complexity index is 676. The van der Waals surface area contributed by atoms with E-state index in [2.05, 4.69) is 15.4 Å². The van der Waals surface area contributed by atoms with Crippen LogP contribution in [-0.2, 0) is 6.54 Å². The highest BCUT2D eigenvalue weighted by molar-refractivity contribution is 5.41. The monoisotopic (exact) mass is 265 g/mol. The van der Waals surface area contributed by atoms with Gasteiger partial charge < -0.3 is 11.1 Å². The van der Waals surface area contributed by atoms with Crippen molar-refractivity contribution in [2.75, 3.05) is 11.1 Å². The number of rotatable bonds is 4. The third kappa shape index (κ3) is 2.61. The number of aromatic nitrogens is 3. The first-order valence-electron chi connectivity index (χ1n) is 6.39. The van der Waals surface area contributed by atoms with E-state index in [9.17, 15) is 0 Å². The molecule has 0 bridgehead atoms. The number of nitrogens with two attached hydrogens (primary N) is 1. The summed E-state index contributed by atoms with van der Waals surface area (Å²) in [6.07, 6.45) is 0. The molecule has 3 rings (SSSR count). The summed E-state index contributed by atoms with van der Waals surface area (Å²) >= 11 is 0. The van der Waals surface area contributed by atoms with E-state index in [1.807, 2.05) is 60.7 Å². The maximum absolute atomic E-state index is 5.89. The molecular formula is C15H15N5. The molecule has 0 saturated carbocycles. The second kappa shape index (κ2) is 5.44. The molecule has 0 aliphatic rings. The third-order valence-corrected chi connectivity index (χ3v) is 2.93. The van der Waals surface area contributed by atoms with Crippen LogP contribution in [0.15, 0.2) is 60.7 Å². The lowest BCUT2D eigenvalue weighted by atomic mass is 10.2. The molecule has 1 heterocycles. The summed E-state index contributed by atoms with van der Waals surface area (Å²) in [5.74, 6) is 0.891. The minimum absolute atomic E-state index is 0.367. The average Bonchev–Trinajstić information content (AvgIpc) is 2.88. The lowest BCUT2D eigenvalue weighted by Gasteiger charge is -2.02. The summed E-state index contributed by atoms with van der Waals surface area (Å²) in [5.41, 5.74) is 7.95. The van der Waals surface area contributed by atoms with E-state index in [0.717, 1.165) is 5.69 Å². The Morgan fingerprint density at radius 2 is 1.60 bits per heavy atom. The van der Waals surface area contributed by atoms with Crippen LogP contribution in [0.4, 0.5) is 11.9 Å². The fraction of sp³-hybridized carbons (Fsp3) is 0.0667. The number of nitrogens with one attached hydrogen (secondary N) is 1. The first-order valence-corrected chi connectivity index (χ1v) is 6.39. The molecule has 0 fully saturated rings. The first kappa shape index (κ1) is 12.2. The zero-order chi connectivity index (χ0) is 13.8. The van der Waals surface area contributed by atoms with Crippen molar-refractivity contribution in [3.8, 4) is 5.69 Å². The van der Waals surface area contributed by atoms with Crippen molar-refractivity contribution in [2.24, 2.45) is 0 Å². The van der Waals surface area contributed by atoms with Gasteiger partial charge in [-0.15, -0.1) is 5.10 Å². The summed E-state index contributed by atoms with van der Waals surface area (Å²) in [4.78, 5) is 4.22. The molecule has 0 atom stereocenters. The van der Waals surface area contributed by atoms with Gasteiger partial charge >= 0.3 is 0 Å². The Morgan fingerprint density at radius 3 is 2.30 bits per heavy atom. The molecule has 5 nitrogen and oxygen atoms in total. The number of nitrogens with zero attached hydrogens (tertiary/aromatic N) is 3. The molecule has 3 N–H and O–H groups in total. The molecule has 5 heteroatoms. The van der Waals surface area contributed by atoms with Crippen molar-refractivity contribution in [2.45, 2.75) is 6.54 Å². The van der Waals surface area contributed by atoms with Crippen LogP contribution in [0.25, 0.3) is 5.69 Å². The van der Waals surface area contributed by atoms with Gasteiger partial charge in [0.25, 0.3) is 0 Å². The topological polar surface area (TPSA) is 68.8 Å². The summed E-state index contributed by atoms with van der Waals surface area (Å²) in [7, 11) is 0. The molecule has 20 heavy (non-hydrogen) atoms. The zero-order valence-corrected chi connectivity index (χ0v) is 10.9. The lowest BCUT2D eigenvalue weighted by molar-refractivity contribution is 0.887. The fourth-order valence-corrected chi connectivity index (χ4v) is 1.94. The minimum Gasteiger partial charge on any atom is -0.368 e. The highest BCUT2D eigenvalue weighted by Gasteiger charge is 2.07. The standard InChI is InChI=1S/C15H15N5/c16-14-18-15(17-11-12-7-3-1-4-8-12)19-20(14)13-9-5-2-6-10-13/h1-10H,11H2,(H3,16,17,18,19). The van der Waals surface area contributed by atoms with Gasteiger partial charge in [-0.3, -0.25) is 0 Å². The normalized spacial score (nSPS) is 10.4. The molecule has 0 spiro atoms. The van der Waals surface area contributed by atoms with Crippen LogP contribution in [0.3, 0.4) is 0 Å². The van der Waals surface area contributed by atoms with Gasteiger partial charge in [-0.25, -0.2) is 0 Å². The highest BCUT2D eigenvalue weighted by Crippen LogP contribution is 2.13. The van der Waals surface area contributed by atoms with Crippen molar-refractivity contribution in [1.82, 2.24) is 14.8 Å². The van der Waals surface area contributed by atoms with Crippen molar-refractivity contribution in [3.63, 3.8) is 0 Å². The van der Waals surface area contributed by atoms with Gasteiger partial charge in [0.2, 0.25) is 11.9 Å². The Hall–Kier alpha value is -2.82. The van der Waals surface area contributed by atoms with E-state index in [0.29, 0.717) is 18.4 Å². The summed E-state index contributed by atoms with van der Waals surface area (Å²) in [6.45, 7) is 0.666. The van der Waals surface area contributed by atoms with Gasteiger partial charge in [0, 0.05) is 6.54 Å². The molecule has 0 aliphatic carbocycles. The van der Waals surface area contributed by atoms with Crippen LogP contribution in [0.2, 0.25) is 0 Å². The second-order valence-electron chi connectivity index (χ2n) is 4.38. The van der Waals surface area contributed by atoms with Crippen molar-refractivity contribution < 1.29 is 0 Å². The molecule has 0 saturated heterocycles. The van der Waals surface area contributed by atoms with Gasteiger partial charge in [0.15, 0.2) is 0 Å². The molecule has 100 valence electrons. The molecular weight excluding hydrogens is 250 g/mol. The van der Waals surface area contributed by atoms with E-state index in [4.69, 9.17) is 5.73 Å². The molecule has 3 aromatic rings. The smallest absolute Gasteiger partial charge is 0.244 e. The van der Waals surface area contributed by atoms with Gasteiger partial charge in [-0.2, -0.15) is 9.67 Å². The Kier molecular flexibility index (Phi) is 3.33. The van der Waals surface area contributed by atoms with Crippen LogP contribution < -0.4 is 11.1 Å². The van der Waals surface area contributed by atoms with E-state index in [1.165, 1.54) is 5.56 Å². The Morgan fingerprint density at radius 1 is 0.950 bits per heavy atom. The summed E-state index contributed by atoms with van der Waals surface area (Å²) < 4.78 is 1.62. The summed E-state index contributed by atoms with van der Waals surface area (Å²) in [6, 6.07) is 19.8. The highest BCUT2D eigenvalue weighted by atomic mass is 15.4. The van der Waals surface area contributed by atoms with Gasteiger partial charge in [-0.1, -0.05) is 48.5 Å². The molecule has 0 amide bonds. The predicted octanol–water partition coefficient (Wildman–Crippen LogP) is 2.46. The van der Waals surface area contributed by atoms with E-state index in [-0.39, 0.29) is 0 Å². The average molecular weight is 265 g/mol. The van der Waals surface area contributed by atoms with Crippen LogP contribution in [0.1, 0.15) is 5.56 Å². The quantitative estimate of drug-likeness (QED) is 0.760. The molecule has 1 aromatic heterocycles. The zero-order valence-electron chi connectivity index (χ0n) is 10.9. The molecule has 0 radical (unpaired) electrons. The van der Waals surface area contributed by atoms with Gasteiger partial charge in [-0.05, 0) is 17.7 Å². The lowest BCUT2D eigenvalue weighted by Crippen LogP contribution is -2.03. The van der Waals surface area contributed by atoms with Crippen LogP contribution in [0.5, 0.6) is 0 Å². The van der Waals surface area contributed by atoms with Crippen molar-refractivity contribution >= 4 is 11.9 Å².